The van der Waals surface area contributed by atoms with Crippen molar-refractivity contribution in [2.45, 2.75) is 33.7 Å². The Bertz CT molecular complexity index is 1070. The van der Waals surface area contributed by atoms with Crippen LogP contribution in [0.15, 0.2) is 29.1 Å². The SMILES string of the molecule is CC(=O)Nc1ccc(C(=O)C(C)n2nnc3sc(C)c(C)c3c2=O)cc1. The number of Topliss-reactive ketones (excluding diaryl/α,β-unsaturated/α-hetero) is 1. The van der Waals surface area contributed by atoms with Crippen molar-refractivity contribution >= 4 is 38.9 Å². The fraction of sp³-hybridized carbons (Fsp3) is 0.278. The van der Waals surface area contributed by atoms with Gasteiger partial charge in [0.2, 0.25) is 5.91 Å². The number of rotatable bonds is 4. The zero-order valence-electron chi connectivity index (χ0n) is 14.9. The molecule has 1 atom stereocenters. The molecule has 2 aromatic heterocycles. The van der Waals surface area contributed by atoms with E-state index in [2.05, 4.69) is 15.6 Å². The Hall–Kier alpha value is -2.87. The van der Waals surface area contributed by atoms with Crippen LogP contribution in [0.4, 0.5) is 5.69 Å². The minimum atomic E-state index is -0.786. The van der Waals surface area contributed by atoms with Crippen molar-refractivity contribution in [1.29, 1.82) is 0 Å². The lowest BCUT2D eigenvalue weighted by molar-refractivity contribution is -0.114. The Morgan fingerprint density at radius 3 is 2.46 bits per heavy atom. The van der Waals surface area contributed by atoms with Gasteiger partial charge in [0.15, 0.2) is 10.6 Å². The lowest BCUT2D eigenvalue weighted by Crippen LogP contribution is -2.31. The van der Waals surface area contributed by atoms with Gasteiger partial charge in [-0.15, -0.1) is 16.4 Å². The molecule has 0 aliphatic rings. The smallest absolute Gasteiger partial charge is 0.279 e. The van der Waals surface area contributed by atoms with Crippen LogP contribution in [0.2, 0.25) is 0 Å². The number of nitrogens with one attached hydrogen (secondary N) is 1. The number of anilines is 1. The number of carbonyl (C=O) groups excluding carboxylic acids is 2. The summed E-state index contributed by atoms with van der Waals surface area (Å²) < 4.78 is 1.13. The molecule has 8 heteroatoms. The number of aryl methyl sites for hydroxylation is 2. The van der Waals surface area contributed by atoms with Crippen LogP contribution >= 0.6 is 11.3 Å². The first-order valence-electron chi connectivity index (χ1n) is 8.06. The summed E-state index contributed by atoms with van der Waals surface area (Å²) in [6.45, 7) is 6.84. The van der Waals surface area contributed by atoms with Crippen LogP contribution in [-0.2, 0) is 4.79 Å². The molecular weight excluding hydrogens is 352 g/mol. The molecule has 0 spiro atoms. The first-order valence-corrected chi connectivity index (χ1v) is 8.88. The number of thiophene rings is 1. The number of benzene rings is 1. The fourth-order valence-corrected chi connectivity index (χ4v) is 3.67. The van der Waals surface area contributed by atoms with Crippen molar-refractivity contribution in [2.75, 3.05) is 5.32 Å². The fourth-order valence-electron chi connectivity index (χ4n) is 2.70. The van der Waals surface area contributed by atoms with Crippen LogP contribution in [-0.4, -0.2) is 26.7 Å². The summed E-state index contributed by atoms with van der Waals surface area (Å²) >= 11 is 1.42. The van der Waals surface area contributed by atoms with Crippen LogP contribution in [0, 0.1) is 13.8 Å². The van der Waals surface area contributed by atoms with Gasteiger partial charge in [-0.05, 0) is 50.6 Å². The highest BCUT2D eigenvalue weighted by Crippen LogP contribution is 2.25. The molecule has 1 aromatic carbocycles. The van der Waals surface area contributed by atoms with Crippen molar-refractivity contribution in [3.63, 3.8) is 0 Å². The van der Waals surface area contributed by atoms with Crippen LogP contribution in [0.3, 0.4) is 0 Å². The van der Waals surface area contributed by atoms with Gasteiger partial charge in [-0.2, -0.15) is 4.68 Å². The van der Waals surface area contributed by atoms with Crippen molar-refractivity contribution in [2.24, 2.45) is 0 Å². The second-order valence-corrected chi connectivity index (χ2v) is 7.30. The number of nitrogens with zero attached hydrogens (tertiary/aromatic N) is 3. The molecule has 0 aliphatic heterocycles. The molecule has 2 heterocycles. The molecule has 3 rings (SSSR count). The van der Waals surface area contributed by atoms with Gasteiger partial charge in [0.25, 0.3) is 5.56 Å². The summed E-state index contributed by atoms with van der Waals surface area (Å²) in [5, 5.41) is 11.2. The third-order valence-electron chi connectivity index (χ3n) is 4.26. The molecule has 7 nitrogen and oxygen atoms in total. The second-order valence-electron chi connectivity index (χ2n) is 6.10. The Morgan fingerprint density at radius 2 is 1.85 bits per heavy atom. The molecule has 134 valence electrons. The molecule has 0 fully saturated rings. The van der Waals surface area contributed by atoms with E-state index in [4.69, 9.17) is 0 Å². The second kappa shape index (κ2) is 6.80. The van der Waals surface area contributed by atoms with E-state index in [0.29, 0.717) is 21.5 Å². The van der Waals surface area contributed by atoms with Gasteiger partial charge < -0.3 is 5.32 Å². The third kappa shape index (κ3) is 3.15. The maximum atomic E-state index is 12.8. The van der Waals surface area contributed by atoms with Crippen LogP contribution < -0.4 is 10.9 Å². The highest BCUT2D eigenvalue weighted by molar-refractivity contribution is 7.18. The van der Waals surface area contributed by atoms with E-state index in [1.54, 1.807) is 31.2 Å². The summed E-state index contributed by atoms with van der Waals surface area (Å²) in [4.78, 5) is 38.2. The normalized spacial score (nSPS) is 12.2. The first-order chi connectivity index (χ1) is 12.3. The Balaban J connectivity index is 1.95. The van der Waals surface area contributed by atoms with E-state index in [9.17, 15) is 14.4 Å². The molecule has 3 aromatic rings. The molecule has 1 amide bonds. The van der Waals surface area contributed by atoms with Gasteiger partial charge in [0.05, 0.1) is 5.39 Å². The first kappa shape index (κ1) is 17.9. The number of aromatic nitrogens is 3. The lowest BCUT2D eigenvalue weighted by atomic mass is 10.0. The zero-order chi connectivity index (χ0) is 19.0. The van der Waals surface area contributed by atoms with Gasteiger partial charge in [-0.25, -0.2) is 0 Å². The summed E-state index contributed by atoms with van der Waals surface area (Å²) in [5.41, 5.74) is 1.59. The number of ketones is 1. The molecule has 0 radical (unpaired) electrons. The van der Waals surface area contributed by atoms with Crippen molar-refractivity contribution in [1.82, 2.24) is 15.0 Å². The molecule has 1 unspecified atom stereocenters. The van der Waals surface area contributed by atoms with Crippen molar-refractivity contribution in [3.8, 4) is 0 Å². The summed E-state index contributed by atoms with van der Waals surface area (Å²) in [6.07, 6.45) is 0. The van der Waals surface area contributed by atoms with E-state index in [1.807, 2.05) is 13.8 Å². The largest absolute Gasteiger partial charge is 0.326 e. The van der Waals surface area contributed by atoms with E-state index in [0.717, 1.165) is 15.1 Å². The minimum Gasteiger partial charge on any atom is -0.326 e. The molecule has 1 N–H and O–H groups in total. The number of hydrogen-bond donors (Lipinski definition) is 1. The number of fused-ring (bicyclic) bond motifs is 1. The van der Waals surface area contributed by atoms with E-state index in [-0.39, 0.29) is 17.2 Å². The summed E-state index contributed by atoms with van der Waals surface area (Å²) in [5.74, 6) is -0.436. The predicted octanol–water partition coefficient (Wildman–Crippen LogP) is 2.87. The van der Waals surface area contributed by atoms with E-state index < -0.39 is 6.04 Å². The Morgan fingerprint density at radius 1 is 1.19 bits per heavy atom. The average molecular weight is 370 g/mol. The summed E-state index contributed by atoms with van der Waals surface area (Å²) in [6, 6.07) is 5.73. The Kier molecular flexibility index (Phi) is 4.69. The van der Waals surface area contributed by atoms with Crippen LogP contribution in [0.5, 0.6) is 0 Å². The maximum Gasteiger partial charge on any atom is 0.279 e. The molecular formula is C18H18N4O3S. The highest BCUT2D eigenvalue weighted by atomic mass is 32.1. The van der Waals surface area contributed by atoms with Crippen LogP contribution in [0.25, 0.3) is 10.2 Å². The highest BCUT2D eigenvalue weighted by Gasteiger charge is 2.22. The van der Waals surface area contributed by atoms with Gasteiger partial charge in [-0.3, -0.25) is 14.4 Å². The van der Waals surface area contributed by atoms with Crippen molar-refractivity contribution < 1.29 is 9.59 Å². The lowest BCUT2D eigenvalue weighted by Gasteiger charge is -2.12. The predicted molar refractivity (Wildman–Crippen MR) is 101 cm³/mol. The number of hydrogen-bond acceptors (Lipinski definition) is 6. The number of amides is 1. The average Bonchev–Trinajstić information content (AvgIpc) is 2.89. The summed E-state index contributed by atoms with van der Waals surface area (Å²) in [7, 11) is 0. The molecule has 26 heavy (non-hydrogen) atoms. The van der Waals surface area contributed by atoms with E-state index >= 15 is 0 Å². The third-order valence-corrected chi connectivity index (χ3v) is 5.35. The quantitative estimate of drug-likeness (QED) is 0.713. The van der Waals surface area contributed by atoms with Crippen molar-refractivity contribution in [3.05, 3.63) is 50.6 Å². The Labute approximate surface area is 153 Å². The topological polar surface area (TPSA) is 93.9 Å². The van der Waals surface area contributed by atoms with E-state index in [1.165, 1.54) is 18.3 Å². The molecule has 0 saturated carbocycles. The van der Waals surface area contributed by atoms with Gasteiger partial charge in [0, 0.05) is 23.1 Å². The molecule has 0 bridgehead atoms. The van der Waals surface area contributed by atoms with Gasteiger partial charge >= 0.3 is 0 Å². The monoisotopic (exact) mass is 370 g/mol. The van der Waals surface area contributed by atoms with Gasteiger partial charge in [0.1, 0.15) is 6.04 Å². The van der Waals surface area contributed by atoms with Gasteiger partial charge in [-0.1, -0.05) is 5.21 Å². The molecule has 0 aliphatic carbocycles. The zero-order valence-corrected chi connectivity index (χ0v) is 15.7. The maximum absolute atomic E-state index is 12.8. The standard InChI is InChI=1S/C18H18N4O3S/c1-9-11(3)26-17-15(9)18(25)22(21-20-17)10(2)16(24)13-5-7-14(8-6-13)19-12(4)23/h5-8,10H,1-4H3,(H,19,23). The van der Waals surface area contributed by atoms with Crippen LogP contribution in [0.1, 0.15) is 40.7 Å². The minimum absolute atomic E-state index is 0.186. The number of carbonyl (C=O) groups is 2. The molecule has 0 saturated heterocycles.